The summed E-state index contributed by atoms with van der Waals surface area (Å²) in [5.74, 6) is 2.01. The van der Waals surface area contributed by atoms with Crippen LogP contribution in [0, 0.1) is 0 Å². The Hall–Kier alpha value is -2.56. The average molecular weight is 287 g/mol. The van der Waals surface area contributed by atoms with Crippen molar-refractivity contribution in [3.8, 4) is 17.2 Å². The van der Waals surface area contributed by atoms with Crippen molar-refractivity contribution in [3.63, 3.8) is 0 Å². The molecule has 0 fully saturated rings. The quantitative estimate of drug-likeness (QED) is 0.552. The van der Waals surface area contributed by atoms with Crippen LogP contribution in [0.25, 0.3) is 0 Å². The minimum Gasteiger partial charge on any atom is -0.490 e. The first kappa shape index (κ1) is 14.8. The molecule has 0 saturated carbocycles. The fraction of sp³-hybridized carbons (Fsp3) is 0.250. The number of hydrogen-bond donors (Lipinski definition) is 0. The van der Waals surface area contributed by atoms with E-state index < -0.39 is 0 Å². The lowest BCUT2D eigenvalue weighted by molar-refractivity contribution is 0.111. The zero-order valence-corrected chi connectivity index (χ0v) is 11.8. The first-order chi connectivity index (χ1) is 10.3. The number of ether oxygens (including phenoxy) is 3. The molecule has 0 saturated heterocycles. The Bertz CT molecular complexity index is 569. The second kappa shape index (κ2) is 7.89. The number of carbonyl (C=O) groups is 1. The van der Waals surface area contributed by atoms with Crippen LogP contribution in [-0.2, 0) is 0 Å². The van der Waals surface area contributed by atoms with E-state index in [1.54, 1.807) is 12.1 Å². The molecule has 0 bridgehead atoms. The Kier molecular flexibility index (Phi) is 5.58. The van der Waals surface area contributed by atoms with E-state index in [9.17, 15) is 4.79 Å². The van der Waals surface area contributed by atoms with Crippen LogP contribution in [0.1, 0.15) is 17.4 Å². The normalized spacial score (nSPS) is 9.95. The van der Waals surface area contributed by atoms with E-state index in [0.717, 1.165) is 5.75 Å². The van der Waals surface area contributed by atoms with Crippen molar-refractivity contribution in [2.45, 2.75) is 6.92 Å². The minimum atomic E-state index is 0.378. The second-order valence-electron chi connectivity index (χ2n) is 4.11. The number of aromatic nitrogens is 1. The number of nitrogens with zero attached hydrogens (tertiary/aromatic N) is 1. The number of pyridine rings is 1. The summed E-state index contributed by atoms with van der Waals surface area (Å²) < 4.78 is 16.6. The molecular formula is C16H17NO4. The predicted octanol–water partition coefficient (Wildman–Crippen LogP) is 2.75. The van der Waals surface area contributed by atoms with Gasteiger partial charge in [0.25, 0.3) is 0 Å². The molecule has 0 aliphatic rings. The summed E-state index contributed by atoms with van der Waals surface area (Å²) in [6, 6.07) is 10.8. The Labute approximate surface area is 123 Å². The first-order valence-corrected chi connectivity index (χ1v) is 6.72. The summed E-state index contributed by atoms with van der Waals surface area (Å²) in [5, 5.41) is 0. The van der Waals surface area contributed by atoms with Gasteiger partial charge in [-0.05, 0) is 31.2 Å². The maximum Gasteiger partial charge on any atom is 0.168 e. The number of carbonyl (C=O) groups excluding carboxylic acids is 1. The van der Waals surface area contributed by atoms with Crippen molar-refractivity contribution in [2.75, 3.05) is 19.8 Å². The lowest BCUT2D eigenvalue weighted by Gasteiger charge is -2.12. The van der Waals surface area contributed by atoms with Crippen molar-refractivity contribution < 1.29 is 19.0 Å². The molecule has 0 radical (unpaired) electrons. The third kappa shape index (κ3) is 4.49. The zero-order valence-electron chi connectivity index (χ0n) is 11.8. The van der Waals surface area contributed by atoms with E-state index in [-0.39, 0.29) is 0 Å². The Morgan fingerprint density at radius 2 is 1.71 bits per heavy atom. The van der Waals surface area contributed by atoms with Gasteiger partial charge in [0.05, 0.1) is 12.8 Å². The van der Waals surface area contributed by atoms with Crippen LogP contribution in [0.5, 0.6) is 17.2 Å². The number of hydrogen-bond acceptors (Lipinski definition) is 5. The molecule has 0 amide bonds. The highest BCUT2D eigenvalue weighted by Gasteiger charge is 2.03. The van der Waals surface area contributed by atoms with Crippen LogP contribution in [-0.4, -0.2) is 31.1 Å². The van der Waals surface area contributed by atoms with Crippen LogP contribution in [0.2, 0.25) is 0 Å². The van der Waals surface area contributed by atoms with Crippen LogP contribution in [0.4, 0.5) is 0 Å². The van der Waals surface area contributed by atoms with E-state index in [4.69, 9.17) is 14.2 Å². The molecule has 0 unspecified atom stereocenters. The topological polar surface area (TPSA) is 57.7 Å². The summed E-state index contributed by atoms with van der Waals surface area (Å²) in [6.45, 7) is 3.28. The SMILES string of the molecule is CCOc1ccccc1OCCOc1ccc(C=O)nc1. The summed E-state index contributed by atoms with van der Waals surface area (Å²) in [4.78, 5) is 14.4. The molecule has 0 aliphatic carbocycles. The smallest absolute Gasteiger partial charge is 0.168 e. The Morgan fingerprint density at radius 1 is 1.00 bits per heavy atom. The van der Waals surface area contributed by atoms with Crippen molar-refractivity contribution in [1.82, 2.24) is 4.98 Å². The molecule has 21 heavy (non-hydrogen) atoms. The molecule has 0 spiro atoms. The van der Waals surface area contributed by atoms with Gasteiger partial charge in [0, 0.05) is 0 Å². The van der Waals surface area contributed by atoms with E-state index in [1.165, 1.54) is 6.20 Å². The van der Waals surface area contributed by atoms with Crippen molar-refractivity contribution in [3.05, 3.63) is 48.3 Å². The van der Waals surface area contributed by atoms with Gasteiger partial charge in [0.2, 0.25) is 0 Å². The number of para-hydroxylation sites is 2. The van der Waals surface area contributed by atoms with Gasteiger partial charge in [0.15, 0.2) is 17.8 Å². The van der Waals surface area contributed by atoms with Gasteiger partial charge in [-0.25, -0.2) is 4.98 Å². The van der Waals surface area contributed by atoms with E-state index in [0.29, 0.717) is 43.3 Å². The first-order valence-electron chi connectivity index (χ1n) is 6.72. The molecule has 0 aliphatic heterocycles. The van der Waals surface area contributed by atoms with Gasteiger partial charge >= 0.3 is 0 Å². The van der Waals surface area contributed by atoms with Gasteiger partial charge in [-0.2, -0.15) is 0 Å². The largest absolute Gasteiger partial charge is 0.490 e. The molecule has 2 rings (SSSR count). The molecule has 1 aromatic carbocycles. The molecule has 5 heteroatoms. The van der Waals surface area contributed by atoms with Gasteiger partial charge in [-0.15, -0.1) is 0 Å². The highest BCUT2D eigenvalue weighted by Crippen LogP contribution is 2.26. The molecule has 1 heterocycles. The van der Waals surface area contributed by atoms with Gasteiger partial charge in [0.1, 0.15) is 24.7 Å². The monoisotopic (exact) mass is 287 g/mol. The highest BCUT2D eigenvalue weighted by molar-refractivity contribution is 5.71. The molecule has 0 atom stereocenters. The lowest BCUT2D eigenvalue weighted by Crippen LogP contribution is -2.10. The minimum absolute atomic E-state index is 0.378. The molecule has 1 aromatic heterocycles. The fourth-order valence-corrected chi connectivity index (χ4v) is 1.70. The molecule has 110 valence electrons. The molecular weight excluding hydrogens is 270 g/mol. The van der Waals surface area contributed by atoms with E-state index in [1.807, 2.05) is 31.2 Å². The van der Waals surface area contributed by atoms with E-state index in [2.05, 4.69) is 4.98 Å². The average Bonchev–Trinajstić information content (AvgIpc) is 2.54. The second-order valence-corrected chi connectivity index (χ2v) is 4.11. The fourth-order valence-electron chi connectivity index (χ4n) is 1.70. The molecule has 0 N–H and O–H groups in total. The predicted molar refractivity (Wildman–Crippen MR) is 78.2 cm³/mol. The third-order valence-corrected chi connectivity index (χ3v) is 2.64. The van der Waals surface area contributed by atoms with Crippen LogP contribution < -0.4 is 14.2 Å². The van der Waals surface area contributed by atoms with Crippen LogP contribution in [0.3, 0.4) is 0 Å². The summed E-state index contributed by atoms with van der Waals surface area (Å²) in [7, 11) is 0. The van der Waals surface area contributed by atoms with Crippen LogP contribution in [0.15, 0.2) is 42.6 Å². The summed E-state index contributed by atoms with van der Waals surface area (Å²) >= 11 is 0. The van der Waals surface area contributed by atoms with Crippen molar-refractivity contribution in [2.24, 2.45) is 0 Å². The zero-order chi connectivity index (χ0) is 14.9. The number of aldehydes is 1. The summed E-state index contributed by atoms with van der Waals surface area (Å²) in [5.41, 5.74) is 0.379. The highest BCUT2D eigenvalue weighted by atomic mass is 16.5. The maximum absolute atomic E-state index is 10.5. The van der Waals surface area contributed by atoms with Gasteiger partial charge < -0.3 is 14.2 Å². The lowest BCUT2D eigenvalue weighted by atomic mass is 10.3. The Balaban J connectivity index is 1.80. The van der Waals surface area contributed by atoms with Crippen molar-refractivity contribution in [1.29, 1.82) is 0 Å². The number of benzene rings is 1. The maximum atomic E-state index is 10.5. The van der Waals surface area contributed by atoms with E-state index >= 15 is 0 Å². The number of rotatable bonds is 8. The molecule has 5 nitrogen and oxygen atoms in total. The molecule has 2 aromatic rings. The summed E-state index contributed by atoms with van der Waals surface area (Å²) in [6.07, 6.45) is 2.20. The van der Waals surface area contributed by atoms with Gasteiger partial charge in [-0.1, -0.05) is 12.1 Å². The third-order valence-electron chi connectivity index (χ3n) is 2.64. The van der Waals surface area contributed by atoms with Crippen LogP contribution >= 0.6 is 0 Å². The van der Waals surface area contributed by atoms with Crippen molar-refractivity contribution >= 4 is 6.29 Å². The van der Waals surface area contributed by atoms with Gasteiger partial charge in [-0.3, -0.25) is 4.79 Å². The Morgan fingerprint density at radius 3 is 2.33 bits per heavy atom. The standard InChI is InChI=1S/C16H17NO4/c1-2-19-15-5-3-4-6-16(15)21-10-9-20-14-8-7-13(12-18)17-11-14/h3-8,11-12H,2,9-10H2,1H3.